The lowest BCUT2D eigenvalue weighted by molar-refractivity contribution is 0.507. The van der Waals surface area contributed by atoms with Gasteiger partial charge < -0.3 is 5.32 Å². The predicted octanol–water partition coefficient (Wildman–Crippen LogP) is 2.27. The maximum Gasteiger partial charge on any atom is 0.0625 e. The highest BCUT2D eigenvalue weighted by molar-refractivity contribution is 5.19. The SMILES string of the molecule is CCNC(Cc1cccnc1)c1cc(CC)nn1C. The Labute approximate surface area is 114 Å². The Morgan fingerprint density at radius 1 is 1.37 bits per heavy atom. The third-order valence-electron chi connectivity index (χ3n) is 3.30. The van der Waals surface area contributed by atoms with Crippen LogP contribution >= 0.6 is 0 Å². The summed E-state index contributed by atoms with van der Waals surface area (Å²) in [5, 5.41) is 8.07. The molecule has 1 unspecified atom stereocenters. The smallest absolute Gasteiger partial charge is 0.0625 e. The number of likely N-dealkylation sites (N-methyl/N-ethyl adjacent to an activating group) is 1. The Balaban J connectivity index is 2.21. The number of hydrogen-bond donors (Lipinski definition) is 1. The Kier molecular flexibility index (Phi) is 4.68. The standard InChI is InChI=1S/C15H22N4/c1-4-13-10-15(19(3)18-13)14(17-5-2)9-12-7-6-8-16-11-12/h6-8,10-11,14,17H,4-5,9H2,1-3H3. The highest BCUT2D eigenvalue weighted by atomic mass is 15.3. The molecule has 1 atom stereocenters. The second-order valence-electron chi connectivity index (χ2n) is 4.71. The first-order valence-corrected chi connectivity index (χ1v) is 6.89. The molecule has 2 rings (SSSR count). The van der Waals surface area contributed by atoms with Crippen LogP contribution in [0.4, 0.5) is 0 Å². The van der Waals surface area contributed by atoms with Crippen LogP contribution in [-0.2, 0) is 19.9 Å². The van der Waals surface area contributed by atoms with Crippen LogP contribution in [0.3, 0.4) is 0 Å². The molecule has 0 saturated heterocycles. The minimum atomic E-state index is 0.284. The zero-order valence-electron chi connectivity index (χ0n) is 11.9. The molecule has 0 aliphatic heterocycles. The summed E-state index contributed by atoms with van der Waals surface area (Å²) in [6.45, 7) is 5.21. The first-order valence-electron chi connectivity index (χ1n) is 6.89. The summed E-state index contributed by atoms with van der Waals surface area (Å²) in [7, 11) is 2.02. The van der Waals surface area contributed by atoms with Gasteiger partial charge in [-0.25, -0.2) is 0 Å². The molecule has 4 heteroatoms. The van der Waals surface area contributed by atoms with Crippen molar-refractivity contribution in [3.05, 3.63) is 47.5 Å². The molecule has 0 spiro atoms. The van der Waals surface area contributed by atoms with Crippen LogP contribution < -0.4 is 5.32 Å². The number of aryl methyl sites for hydroxylation is 2. The summed E-state index contributed by atoms with van der Waals surface area (Å²) in [6, 6.07) is 6.59. The average molecular weight is 258 g/mol. The minimum absolute atomic E-state index is 0.284. The van der Waals surface area contributed by atoms with E-state index in [0.29, 0.717) is 0 Å². The van der Waals surface area contributed by atoms with Crippen molar-refractivity contribution in [2.45, 2.75) is 32.7 Å². The van der Waals surface area contributed by atoms with E-state index in [1.54, 1.807) is 0 Å². The van der Waals surface area contributed by atoms with Gasteiger partial charge in [0.25, 0.3) is 0 Å². The average Bonchev–Trinajstić information content (AvgIpc) is 2.81. The quantitative estimate of drug-likeness (QED) is 0.864. The first kappa shape index (κ1) is 13.7. The first-order chi connectivity index (χ1) is 9.24. The van der Waals surface area contributed by atoms with Crippen LogP contribution in [0.2, 0.25) is 0 Å². The molecule has 0 radical (unpaired) electrons. The second kappa shape index (κ2) is 6.48. The summed E-state index contributed by atoms with van der Waals surface area (Å²) >= 11 is 0. The minimum Gasteiger partial charge on any atom is -0.309 e. The third-order valence-corrected chi connectivity index (χ3v) is 3.30. The van der Waals surface area contributed by atoms with Crippen molar-refractivity contribution in [3.63, 3.8) is 0 Å². The van der Waals surface area contributed by atoms with Gasteiger partial charge in [-0.05, 0) is 37.1 Å². The summed E-state index contributed by atoms with van der Waals surface area (Å²) in [5.41, 5.74) is 3.63. The van der Waals surface area contributed by atoms with Crippen molar-refractivity contribution in [2.75, 3.05) is 6.54 Å². The fourth-order valence-corrected chi connectivity index (χ4v) is 2.32. The van der Waals surface area contributed by atoms with Gasteiger partial charge in [0.2, 0.25) is 0 Å². The molecule has 0 bridgehead atoms. The summed E-state index contributed by atoms with van der Waals surface area (Å²) < 4.78 is 1.99. The van der Waals surface area contributed by atoms with Crippen molar-refractivity contribution in [2.24, 2.45) is 7.05 Å². The van der Waals surface area contributed by atoms with Gasteiger partial charge >= 0.3 is 0 Å². The number of nitrogens with zero attached hydrogens (tertiary/aromatic N) is 3. The number of rotatable bonds is 6. The van der Waals surface area contributed by atoms with E-state index >= 15 is 0 Å². The van der Waals surface area contributed by atoms with Gasteiger partial charge in [0.1, 0.15) is 0 Å². The fourth-order valence-electron chi connectivity index (χ4n) is 2.32. The Morgan fingerprint density at radius 3 is 2.79 bits per heavy atom. The van der Waals surface area contributed by atoms with E-state index in [-0.39, 0.29) is 6.04 Å². The van der Waals surface area contributed by atoms with E-state index in [0.717, 1.165) is 25.1 Å². The zero-order chi connectivity index (χ0) is 13.7. The van der Waals surface area contributed by atoms with Crippen LogP contribution in [0.15, 0.2) is 30.6 Å². The van der Waals surface area contributed by atoms with Crippen molar-refractivity contribution in [1.82, 2.24) is 20.1 Å². The maximum absolute atomic E-state index is 4.53. The largest absolute Gasteiger partial charge is 0.309 e. The van der Waals surface area contributed by atoms with Gasteiger partial charge in [-0.2, -0.15) is 5.10 Å². The highest BCUT2D eigenvalue weighted by Crippen LogP contribution is 2.19. The van der Waals surface area contributed by atoms with Crippen LogP contribution in [0.1, 0.15) is 36.8 Å². The predicted molar refractivity (Wildman–Crippen MR) is 76.9 cm³/mol. The molecule has 2 heterocycles. The van der Waals surface area contributed by atoms with Gasteiger partial charge in [-0.15, -0.1) is 0 Å². The van der Waals surface area contributed by atoms with Crippen molar-refractivity contribution >= 4 is 0 Å². The Hall–Kier alpha value is -1.68. The van der Waals surface area contributed by atoms with E-state index < -0.39 is 0 Å². The molecule has 0 aromatic carbocycles. The lowest BCUT2D eigenvalue weighted by Crippen LogP contribution is -2.25. The summed E-state index contributed by atoms with van der Waals surface area (Å²) in [6.07, 6.45) is 5.65. The lowest BCUT2D eigenvalue weighted by Gasteiger charge is -2.18. The molecule has 0 saturated carbocycles. The number of hydrogen-bond acceptors (Lipinski definition) is 3. The van der Waals surface area contributed by atoms with Crippen LogP contribution in [0.5, 0.6) is 0 Å². The second-order valence-corrected chi connectivity index (χ2v) is 4.71. The van der Waals surface area contributed by atoms with Crippen LogP contribution in [0.25, 0.3) is 0 Å². The van der Waals surface area contributed by atoms with Gasteiger partial charge in [-0.3, -0.25) is 9.67 Å². The molecule has 19 heavy (non-hydrogen) atoms. The van der Waals surface area contributed by atoms with Crippen LogP contribution in [-0.4, -0.2) is 21.3 Å². The Bertz CT molecular complexity index is 504. The molecular weight excluding hydrogens is 236 g/mol. The zero-order valence-corrected chi connectivity index (χ0v) is 11.9. The molecule has 0 fully saturated rings. The van der Waals surface area contributed by atoms with Crippen molar-refractivity contribution in [3.8, 4) is 0 Å². The fraction of sp³-hybridized carbons (Fsp3) is 0.467. The molecule has 2 aromatic heterocycles. The summed E-state index contributed by atoms with van der Waals surface area (Å²) in [4.78, 5) is 4.19. The van der Waals surface area contributed by atoms with E-state index in [2.05, 4.69) is 41.4 Å². The van der Waals surface area contributed by atoms with E-state index in [1.807, 2.05) is 30.2 Å². The molecule has 2 aromatic rings. The lowest BCUT2D eigenvalue weighted by atomic mass is 10.0. The molecule has 102 valence electrons. The molecule has 0 amide bonds. The number of nitrogens with one attached hydrogen (secondary N) is 1. The van der Waals surface area contributed by atoms with Gasteiger partial charge in [-0.1, -0.05) is 19.9 Å². The van der Waals surface area contributed by atoms with E-state index in [4.69, 9.17) is 0 Å². The Morgan fingerprint density at radius 2 is 2.21 bits per heavy atom. The van der Waals surface area contributed by atoms with Gasteiger partial charge in [0.15, 0.2) is 0 Å². The maximum atomic E-state index is 4.53. The highest BCUT2D eigenvalue weighted by Gasteiger charge is 2.16. The topological polar surface area (TPSA) is 42.7 Å². The molecule has 4 nitrogen and oxygen atoms in total. The molecule has 1 N–H and O–H groups in total. The van der Waals surface area contributed by atoms with Gasteiger partial charge in [0, 0.05) is 19.4 Å². The number of aromatic nitrogens is 3. The van der Waals surface area contributed by atoms with E-state index in [9.17, 15) is 0 Å². The molecule has 0 aliphatic carbocycles. The summed E-state index contributed by atoms with van der Waals surface area (Å²) in [5.74, 6) is 0. The monoisotopic (exact) mass is 258 g/mol. The molecular formula is C15H22N4. The molecule has 0 aliphatic rings. The van der Waals surface area contributed by atoms with E-state index in [1.165, 1.54) is 11.3 Å². The van der Waals surface area contributed by atoms with Crippen molar-refractivity contribution in [1.29, 1.82) is 0 Å². The van der Waals surface area contributed by atoms with Crippen molar-refractivity contribution < 1.29 is 0 Å². The normalized spacial score (nSPS) is 12.6. The number of pyridine rings is 1. The third kappa shape index (κ3) is 3.41. The van der Waals surface area contributed by atoms with Crippen LogP contribution in [0, 0.1) is 0 Å². The van der Waals surface area contributed by atoms with Gasteiger partial charge in [0.05, 0.1) is 17.4 Å².